The lowest BCUT2D eigenvalue weighted by molar-refractivity contribution is 0.318. The molecule has 2 aromatic rings. The second kappa shape index (κ2) is 11.2. The number of aryl methyl sites for hydroxylation is 2. The molecule has 9 heteroatoms. The van der Waals surface area contributed by atoms with Gasteiger partial charge < -0.3 is 15.4 Å². The molecule has 0 saturated carbocycles. The molecule has 2 N–H and O–H groups in total. The first kappa shape index (κ1) is 24.1. The third-order valence-corrected chi connectivity index (χ3v) is 4.33. The van der Waals surface area contributed by atoms with Gasteiger partial charge in [-0.25, -0.2) is 8.78 Å². The minimum atomic E-state index is -0.923. The number of aromatic nitrogens is 2. The molecule has 0 radical (unpaired) electrons. The minimum absolute atomic E-state index is 0. The van der Waals surface area contributed by atoms with E-state index in [0.717, 1.165) is 29.9 Å². The van der Waals surface area contributed by atoms with E-state index in [4.69, 9.17) is 4.74 Å². The van der Waals surface area contributed by atoms with Crippen molar-refractivity contribution in [3.05, 3.63) is 46.8 Å². The summed E-state index contributed by atoms with van der Waals surface area (Å²) in [4.78, 5) is 4.20. The van der Waals surface area contributed by atoms with Gasteiger partial charge in [0.1, 0.15) is 12.4 Å². The van der Waals surface area contributed by atoms with E-state index in [1.165, 1.54) is 11.6 Å². The summed E-state index contributed by atoms with van der Waals surface area (Å²) >= 11 is 0. The van der Waals surface area contributed by atoms with Crippen molar-refractivity contribution in [2.75, 3.05) is 20.2 Å². The Morgan fingerprint density at radius 3 is 2.57 bits per heavy atom. The molecule has 1 unspecified atom stereocenters. The van der Waals surface area contributed by atoms with E-state index in [9.17, 15) is 8.78 Å². The molecule has 6 nitrogen and oxygen atoms in total. The Hall–Kier alpha value is -1.91. The molecule has 0 fully saturated rings. The van der Waals surface area contributed by atoms with E-state index in [0.29, 0.717) is 19.1 Å². The van der Waals surface area contributed by atoms with Crippen LogP contribution < -0.4 is 15.4 Å². The van der Waals surface area contributed by atoms with E-state index < -0.39 is 11.6 Å². The Labute approximate surface area is 181 Å². The molecule has 0 amide bonds. The number of nitrogens with zero attached hydrogens (tertiary/aromatic N) is 3. The largest absolute Gasteiger partial charge is 0.492 e. The summed E-state index contributed by atoms with van der Waals surface area (Å²) < 4.78 is 33.3. The lowest BCUT2D eigenvalue weighted by Crippen LogP contribution is -2.44. The maximum Gasteiger partial charge on any atom is 0.191 e. The van der Waals surface area contributed by atoms with Crippen LogP contribution in [0.3, 0.4) is 0 Å². The van der Waals surface area contributed by atoms with E-state index >= 15 is 0 Å². The van der Waals surface area contributed by atoms with Gasteiger partial charge in [0.2, 0.25) is 0 Å². The lowest BCUT2D eigenvalue weighted by Gasteiger charge is -2.18. The minimum Gasteiger partial charge on any atom is -0.492 e. The van der Waals surface area contributed by atoms with Crippen molar-refractivity contribution in [3.8, 4) is 5.75 Å². The number of halogens is 3. The second-order valence-corrected chi connectivity index (χ2v) is 6.45. The van der Waals surface area contributed by atoms with Crippen molar-refractivity contribution in [2.45, 2.75) is 33.2 Å². The molecule has 0 bridgehead atoms. The number of ether oxygens (including phenoxy) is 1. The van der Waals surface area contributed by atoms with Gasteiger partial charge in [-0.05, 0) is 44.9 Å². The lowest BCUT2D eigenvalue weighted by atomic mass is 10.1. The van der Waals surface area contributed by atoms with Crippen molar-refractivity contribution in [2.24, 2.45) is 12.0 Å². The fourth-order valence-corrected chi connectivity index (χ4v) is 2.80. The van der Waals surface area contributed by atoms with Crippen LogP contribution >= 0.6 is 24.0 Å². The molecule has 1 atom stereocenters. The second-order valence-electron chi connectivity index (χ2n) is 6.45. The van der Waals surface area contributed by atoms with E-state index in [1.807, 2.05) is 18.7 Å². The molecule has 1 aromatic heterocycles. The average Bonchev–Trinajstić information content (AvgIpc) is 2.86. The Kier molecular flexibility index (Phi) is 9.63. The smallest absolute Gasteiger partial charge is 0.191 e. The summed E-state index contributed by atoms with van der Waals surface area (Å²) in [7, 11) is 3.64. The van der Waals surface area contributed by atoms with Gasteiger partial charge in [0.05, 0.1) is 12.2 Å². The molecule has 2 rings (SSSR count). The fraction of sp³-hybridized carbons (Fsp3) is 0.474. The van der Waals surface area contributed by atoms with E-state index in [2.05, 4.69) is 34.6 Å². The number of nitrogens with one attached hydrogen (secondary N) is 2. The number of hydrogen-bond donors (Lipinski definition) is 2. The third-order valence-electron chi connectivity index (χ3n) is 4.33. The van der Waals surface area contributed by atoms with Crippen LogP contribution in [0.2, 0.25) is 0 Å². The van der Waals surface area contributed by atoms with Gasteiger partial charge in [-0.3, -0.25) is 9.67 Å². The van der Waals surface area contributed by atoms with Crippen LogP contribution in [0, 0.1) is 25.5 Å². The zero-order valence-corrected chi connectivity index (χ0v) is 19.2. The Bertz CT molecular complexity index is 810. The first-order valence-electron chi connectivity index (χ1n) is 8.86. The molecule has 1 aromatic carbocycles. The summed E-state index contributed by atoms with van der Waals surface area (Å²) in [5.41, 5.74) is 3.42. The van der Waals surface area contributed by atoms with Crippen LogP contribution in [0.4, 0.5) is 8.78 Å². The summed E-state index contributed by atoms with van der Waals surface area (Å²) in [5, 5.41) is 10.9. The number of benzene rings is 1. The number of guanidine groups is 1. The number of rotatable bonds is 7. The van der Waals surface area contributed by atoms with Gasteiger partial charge in [0.25, 0.3) is 0 Å². The van der Waals surface area contributed by atoms with Gasteiger partial charge in [-0.15, -0.1) is 24.0 Å². The molecule has 28 heavy (non-hydrogen) atoms. The predicted octanol–water partition coefficient (Wildman–Crippen LogP) is 3.11. The molecule has 0 aliphatic heterocycles. The maximum absolute atomic E-state index is 13.1. The van der Waals surface area contributed by atoms with Crippen molar-refractivity contribution in [1.29, 1.82) is 0 Å². The molecule has 156 valence electrons. The zero-order chi connectivity index (χ0) is 20.0. The van der Waals surface area contributed by atoms with Gasteiger partial charge in [0.15, 0.2) is 17.6 Å². The van der Waals surface area contributed by atoms with Crippen LogP contribution in [0.15, 0.2) is 23.2 Å². The molecule has 0 aliphatic carbocycles. The normalized spacial score (nSPS) is 12.3. The Morgan fingerprint density at radius 2 is 2.00 bits per heavy atom. The van der Waals surface area contributed by atoms with E-state index in [-0.39, 0.29) is 35.8 Å². The molecule has 0 spiro atoms. The topological polar surface area (TPSA) is 63.5 Å². The zero-order valence-electron chi connectivity index (χ0n) is 16.8. The first-order chi connectivity index (χ1) is 12.8. The molecule has 0 saturated heterocycles. The van der Waals surface area contributed by atoms with Crippen molar-refractivity contribution in [1.82, 2.24) is 20.4 Å². The molecule has 1 heterocycles. The highest BCUT2D eigenvalue weighted by molar-refractivity contribution is 14.0. The van der Waals surface area contributed by atoms with Crippen LogP contribution in [0.1, 0.15) is 23.9 Å². The quantitative estimate of drug-likeness (QED) is 0.262. The average molecular weight is 507 g/mol. The SMILES string of the molecule is CN=C(NCCOc1ccc(F)c(F)c1)NC(C)Cc1c(C)nn(C)c1C.I. The van der Waals surface area contributed by atoms with Crippen LogP contribution in [0.5, 0.6) is 5.75 Å². The third kappa shape index (κ3) is 6.61. The van der Waals surface area contributed by atoms with Gasteiger partial charge in [-0.1, -0.05) is 0 Å². The highest BCUT2D eigenvalue weighted by Crippen LogP contribution is 2.15. The van der Waals surface area contributed by atoms with Crippen LogP contribution in [-0.2, 0) is 13.5 Å². The van der Waals surface area contributed by atoms with Gasteiger partial charge in [-0.2, -0.15) is 5.10 Å². The predicted molar refractivity (Wildman–Crippen MR) is 118 cm³/mol. The van der Waals surface area contributed by atoms with Crippen LogP contribution in [-0.4, -0.2) is 42.0 Å². The molecular weight excluding hydrogens is 479 g/mol. The monoisotopic (exact) mass is 507 g/mol. The Morgan fingerprint density at radius 1 is 1.29 bits per heavy atom. The summed E-state index contributed by atoms with van der Waals surface area (Å²) in [6.07, 6.45) is 0.831. The Balaban J connectivity index is 0.00000392. The number of hydrogen-bond acceptors (Lipinski definition) is 3. The molecule has 0 aliphatic rings. The van der Waals surface area contributed by atoms with Crippen LogP contribution in [0.25, 0.3) is 0 Å². The van der Waals surface area contributed by atoms with Crippen molar-refractivity contribution in [3.63, 3.8) is 0 Å². The van der Waals surface area contributed by atoms with Crippen molar-refractivity contribution < 1.29 is 13.5 Å². The maximum atomic E-state index is 13.1. The van der Waals surface area contributed by atoms with Gasteiger partial charge >= 0.3 is 0 Å². The fourth-order valence-electron chi connectivity index (χ4n) is 2.80. The first-order valence-corrected chi connectivity index (χ1v) is 8.86. The van der Waals surface area contributed by atoms with Gasteiger partial charge in [0, 0.05) is 31.9 Å². The van der Waals surface area contributed by atoms with Crippen molar-refractivity contribution >= 4 is 29.9 Å². The highest BCUT2D eigenvalue weighted by atomic mass is 127. The summed E-state index contributed by atoms with van der Waals surface area (Å²) in [5.74, 6) is -0.879. The van der Waals surface area contributed by atoms with E-state index in [1.54, 1.807) is 7.05 Å². The number of aliphatic imine (C=N–C) groups is 1. The summed E-state index contributed by atoms with van der Waals surface area (Å²) in [6.45, 7) is 6.91. The summed E-state index contributed by atoms with van der Waals surface area (Å²) in [6, 6.07) is 3.63. The highest BCUT2D eigenvalue weighted by Gasteiger charge is 2.14. The standard InChI is InChI=1S/C19H27F2N5O.HI/c1-12(10-16-13(2)25-26(5)14(16)3)24-19(22-4)23-8-9-27-15-6-7-17(20)18(21)11-15;/h6-7,11-12H,8-10H2,1-5H3,(H2,22,23,24);1H. The molecular formula is C19H28F2IN5O.